The van der Waals surface area contributed by atoms with E-state index in [-0.39, 0.29) is 11.9 Å². The Kier molecular flexibility index (Phi) is 4.81. The molecule has 2 rings (SSSR count). The number of nitrogens with one attached hydrogen (secondary N) is 1. The van der Waals surface area contributed by atoms with Crippen molar-refractivity contribution in [2.75, 3.05) is 21.3 Å². The highest BCUT2D eigenvalue weighted by molar-refractivity contribution is 5.46. The minimum atomic E-state index is -0.199. The number of hydrogen-bond donors (Lipinski definition) is 1. The molecule has 2 aromatic carbocycles. The van der Waals surface area contributed by atoms with Crippen LogP contribution < -0.4 is 14.8 Å². The molecule has 0 aromatic heterocycles. The Morgan fingerprint density at radius 2 is 1.81 bits per heavy atom. The predicted molar refractivity (Wildman–Crippen MR) is 81.6 cm³/mol. The summed E-state index contributed by atoms with van der Waals surface area (Å²) in [4.78, 5) is 0. The lowest BCUT2D eigenvalue weighted by atomic mass is 9.96. The topological polar surface area (TPSA) is 30.5 Å². The minimum Gasteiger partial charge on any atom is -0.497 e. The molecule has 1 unspecified atom stereocenters. The first-order valence-corrected chi connectivity index (χ1v) is 6.76. The van der Waals surface area contributed by atoms with Gasteiger partial charge in [-0.05, 0) is 43.3 Å². The van der Waals surface area contributed by atoms with Crippen LogP contribution in [0.2, 0.25) is 0 Å². The summed E-state index contributed by atoms with van der Waals surface area (Å²) in [7, 11) is 5.11. The highest BCUT2D eigenvalue weighted by Crippen LogP contribution is 2.33. The van der Waals surface area contributed by atoms with Crippen LogP contribution in [0.25, 0.3) is 0 Å². The second kappa shape index (κ2) is 6.59. The van der Waals surface area contributed by atoms with Crippen molar-refractivity contribution >= 4 is 0 Å². The molecule has 0 heterocycles. The Balaban J connectivity index is 2.47. The zero-order valence-electron chi connectivity index (χ0n) is 12.7. The van der Waals surface area contributed by atoms with Crippen molar-refractivity contribution in [1.82, 2.24) is 5.32 Å². The normalized spacial score (nSPS) is 12.0. The van der Waals surface area contributed by atoms with E-state index >= 15 is 0 Å². The summed E-state index contributed by atoms with van der Waals surface area (Å²) in [5.74, 6) is 1.27. The molecule has 4 heteroatoms. The average Bonchev–Trinajstić information content (AvgIpc) is 2.51. The standard InChI is InChI=1S/C17H20FNO2/c1-11-9-12(5-8-15(11)18)17(19-2)14-7-6-13(20-3)10-16(14)21-4/h5-10,17,19H,1-4H3. The van der Waals surface area contributed by atoms with Gasteiger partial charge in [0.25, 0.3) is 0 Å². The molecule has 0 aliphatic heterocycles. The van der Waals surface area contributed by atoms with Crippen LogP contribution >= 0.6 is 0 Å². The molecular formula is C17H20FNO2. The lowest BCUT2D eigenvalue weighted by molar-refractivity contribution is 0.388. The van der Waals surface area contributed by atoms with Gasteiger partial charge in [0.05, 0.1) is 20.3 Å². The lowest BCUT2D eigenvalue weighted by Gasteiger charge is -2.21. The van der Waals surface area contributed by atoms with Gasteiger partial charge < -0.3 is 14.8 Å². The first-order chi connectivity index (χ1) is 10.1. The van der Waals surface area contributed by atoms with Crippen LogP contribution in [0.3, 0.4) is 0 Å². The summed E-state index contributed by atoms with van der Waals surface area (Å²) >= 11 is 0. The fourth-order valence-corrected chi connectivity index (χ4v) is 2.41. The Morgan fingerprint density at radius 1 is 1.05 bits per heavy atom. The van der Waals surface area contributed by atoms with E-state index in [2.05, 4.69) is 5.32 Å². The van der Waals surface area contributed by atoms with Crippen LogP contribution in [0.4, 0.5) is 4.39 Å². The Morgan fingerprint density at radius 3 is 2.38 bits per heavy atom. The van der Waals surface area contributed by atoms with Crippen LogP contribution in [0.5, 0.6) is 11.5 Å². The maximum atomic E-state index is 13.5. The summed E-state index contributed by atoms with van der Waals surface area (Å²) in [6.07, 6.45) is 0. The van der Waals surface area contributed by atoms with Crippen molar-refractivity contribution in [2.45, 2.75) is 13.0 Å². The van der Waals surface area contributed by atoms with Crippen LogP contribution in [0.1, 0.15) is 22.7 Å². The predicted octanol–water partition coefficient (Wildman–Crippen LogP) is 3.46. The molecule has 3 nitrogen and oxygen atoms in total. The summed E-state index contributed by atoms with van der Waals surface area (Å²) < 4.78 is 24.1. The number of aryl methyl sites for hydroxylation is 1. The molecule has 1 N–H and O–H groups in total. The number of benzene rings is 2. The van der Waals surface area contributed by atoms with Crippen LogP contribution in [0.15, 0.2) is 36.4 Å². The lowest BCUT2D eigenvalue weighted by Crippen LogP contribution is -2.18. The third-order valence-corrected chi connectivity index (χ3v) is 3.56. The smallest absolute Gasteiger partial charge is 0.127 e. The highest BCUT2D eigenvalue weighted by atomic mass is 19.1. The van der Waals surface area contributed by atoms with Gasteiger partial charge in [0.2, 0.25) is 0 Å². The van der Waals surface area contributed by atoms with E-state index in [1.807, 2.05) is 31.3 Å². The summed E-state index contributed by atoms with van der Waals surface area (Å²) in [6.45, 7) is 1.76. The second-order valence-corrected chi connectivity index (χ2v) is 4.84. The van der Waals surface area contributed by atoms with Gasteiger partial charge in [-0.2, -0.15) is 0 Å². The second-order valence-electron chi connectivity index (χ2n) is 4.84. The van der Waals surface area contributed by atoms with Gasteiger partial charge in [-0.1, -0.05) is 12.1 Å². The molecule has 0 saturated heterocycles. The number of halogens is 1. The van der Waals surface area contributed by atoms with Crippen molar-refractivity contribution in [3.63, 3.8) is 0 Å². The van der Waals surface area contributed by atoms with Gasteiger partial charge in [-0.15, -0.1) is 0 Å². The molecule has 0 radical (unpaired) electrons. The highest BCUT2D eigenvalue weighted by Gasteiger charge is 2.18. The Hall–Kier alpha value is -2.07. The Labute approximate surface area is 124 Å². The Bertz CT molecular complexity index is 628. The van der Waals surface area contributed by atoms with Crippen molar-refractivity contribution < 1.29 is 13.9 Å². The molecule has 0 fully saturated rings. The van der Waals surface area contributed by atoms with E-state index < -0.39 is 0 Å². The van der Waals surface area contributed by atoms with Crippen LogP contribution in [-0.2, 0) is 0 Å². The van der Waals surface area contributed by atoms with Crippen LogP contribution in [-0.4, -0.2) is 21.3 Å². The van der Waals surface area contributed by atoms with Gasteiger partial charge in [0.1, 0.15) is 17.3 Å². The van der Waals surface area contributed by atoms with Gasteiger partial charge >= 0.3 is 0 Å². The van der Waals surface area contributed by atoms with Gasteiger partial charge in [0.15, 0.2) is 0 Å². The van der Waals surface area contributed by atoms with E-state index in [0.29, 0.717) is 5.56 Å². The van der Waals surface area contributed by atoms with Crippen molar-refractivity contribution in [1.29, 1.82) is 0 Å². The summed E-state index contributed by atoms with van der Waals surface area (Å²) in [6, 6.07) is 10.7. The van der Waals surface area contributed by atoms with Crippen molar-refractivity contribution in [2.24, 2.45) is 0 Å². The number of rotatable bonds is 5. The molecule has 0 amide bonds. The maximum Gasteiger partial charge on any atom is 0.127 e. The maximum absolute atomic E-state index is 13.5. The van der Waals surface area contributed by atoms with E-state index in [4.69, 9.17) is 9.47 Å². The van der Waals surface area contributed by atoms with Gasteiger partial charge in [0, 0.05) is 11.6 Å². The largest absolute Gasteiger partial charge is 0.497 e. The third-order valence-electron chi connectivity index (χ3n) is 3.56. The van der Waals surface area contributed by atoms with Crippen LogP contribution in [0, 0.1) is 12.7 Å². The third kappa shape index (κ3) is 3.16. The van der Waals surface area contributed by atoms with Crippen molar-refractivity contribution in [3.8, 4) is 11.5 Å². The van der Waals surface area contributed by atoms with Crippen molar-refractivity contribution in [3.05, 3.63) is 58.9 Å². The number of ether oxygens (including phenoxy) is 2. The van der Waals surface area contributed by atoms with E-state index in [0.717, 1.165) is 22.6 Å². The minimum absolute atomic E-state index is 0.0786. The number of hydrogen-bond acceptors (Lipinski definition) is 3. The monoisotopic (exact) mass is 289 g/mol. The summed E-state index contributed by atoms with van der Waals surface area (Å²) in [5, 5.41) is 3.25. The molecule has 2 aromatic rings. The summed E-state index contributed by atoms with van der Waals surface area (Å²) in [5.41, 5.74) is 2.59. The SMILES string of the molecule is CNC(c1ccc(F)c(C)c1)c1ccc(OC)cc1OC. The van der Waals surface area contributed by atoms with E-state index in [1.165, 1.54) is 6.07 Å². The molecule has 0 aliphatic rings. The number of methoxy groups -OCH3 is 2. The van der Waals surface area contributed by atoms with Gasteiger partial charge in [-0.25, -0.2) is 4.39 Å². The molecule has 1 atom stereocenters. The fraction of sp³-hybridized carbons (Fsp3) is 0.294. The molecule has 21 heavy (non-hydrogen) atoms. The molecule has 0 spiro atoms. The quantitative estimate of drug-likeness (QED) is 0.914. The molecule has 112 valence electrons. The van der Waals surface area contributed by atoms with E-state index in [1.54, 1.807) is 27.2 Å². The first kappa shape index (κ1) is 15.3. The molecule has 0 aliphatic carbocycles. The average molecular weight is 289 g/mol. The molecular weight excluding hydrogens is 269 g/mol. The van der Waals surface area contributed by atoms with Gasteiger partial charge in [-0.3, -0.25) is 0 Å². The fourth-order valence-electron chi connectivity index (χ4n) is 2.41. The zero-order valence-corrected chi connectivity index (χ0v) is 12.7. The zero-order chi connectivity index (χ0) is 15.4. The first-order valence-electron chi connectivity index (χ1n) is 6.76. The molecule has 0 bridgehead atoms. The molecule has 0 saturated carbocycles. The van der Waals surface area contributed by atoms with E-state index in [9.17, 15) is 4.39 Å².